The van der Waals surface area contributed by atoms with E-state index in [9.17, 15) is 0 Å². The van der Waals surface area contributed by atoms with Crippen molar-refractivity contribution in [2.45, 2.75) is 30.7 Å². The molecule has 16 heavy (non-hydrogen) atoms. The van der Waals surface area contributed by atoms with Gasteiger partial charge in [-0.3, -0.25) is 0 Å². The van der Waals surface area contributed by atoms with Gasteiger partial charge < -0.3 is 10.6 Å². The Hall–Kier alpha value is -0.670. The maximum atomic E-state index is 3.47. The van der Waals surface area contributed by atoms with Crippen LogP contribution in [0.5, 0.6) is 0 Å². The van der Waals surface area contributed by atoms with Gasteiger partial charge in [0.05, 0.1) is 0 Å². The molecule has 88 valence electrons. The van der Waals surface area contributed by atoms with E-state index >= 15 is 0 Å². The summed E-state index contributed by atoms with van der Waals surface area (Å²) in [5, 5.41) is 6.81. The Kier molecular flexibility index (Phi) is 3.45. The van der Waals surface area contributed by atoms with Gasteiger partial charge in [0.1, 0.15) is 0 Å². The fourth-order valence-corrected chi connectivity index (χ4v) is 2.77. The van der Waals surface area contributed by atoms with Gasteiger partial charge in [-0.05, 0) is 45.0 Å². The molecule has 0 amide bonds. The fourth-order valence-electron chi connectivity index (χ4n) is 1.90. The number of nitrogens with one attached hydrogen (secondary N) is 2. The van der Waals surface area contributed by atoms with Crippen molar-refractivity contribution in [1.29, 1.82) is 0 Å². The van der Waals surface area contributed by atoms with Crippen molar-refractivity contribution >= 4 is 17.4 Å². The van der Waals surface area contributed by atoms with Crippen molar-refractivity contribution < 1.29 is 0 Å². The molecule has 0 fully saturated rings. The third-order valence-corrected chi connectivity index (χ3v) is 4.12. The molecule has 1 aliphatic rings. The maximum absolute atomic E-state index is 3.47. The molecular weight excluding hydrogens is 216 g/mol. The smallest absolute Gasteiger partial charge is 0.0481 e. The molecule has 0 radical (unpaired) electrons. The quantitative estimate of drug-likeness (QED) is 0.844. The van der Waals surface area contributed by atoms with Crippen molar-refractivity contribution in [2.24, 2.45) is 0 Å². The highest BCUT2D eigenvalue weighted by atomic mass is 32.2. The lowest BCUT2D eigenvalue weighted by atomic mass is 9.95. The van der Waals surface area contributed by atoms with Crippen LogP contribution >= 0.6 is 11.8 Å². The van der Waals surface area contributed by atoms with E-state index in [1.165, 1.54) is 21.9 Å². The Labute approximate surface area is 102 Å². The molecule has 0 spiro atoms. The van der Waals surface area contributed by atoms with Crippen LogP contribution in [0.25, 0.3) is 0 Å². The van der Waals surface area contributed by atoms with E-state index in [1.54, 1.807) is 0 Å². The minimum absolute atomic E-state index is 0.163. The van der Waals surface area contributed by atoms with Crippen molar-refractivity contribution in [2.75, 3.05) is 24.7 Å². The zero-order chi connectivity index (χ0) is 11.6. The Morgan fingerprint density at radius 3 is 3.00 bits per heavy atom. The topological polar surface area (TPSA) is 24.1 Å². The average Bonchev–Trinajstić information content (AvgIpc) is 2.28. The van der Waals surface area contributed by atoms with Gasteiger partial charge in [0.2, 0.25) is 0 Å². The predicted molar refractivity (Wildman–Crippen MR) is 72.5 cm³/mol. The first-order valence-corrected chi connectivity index (χ1v) is 6.78. The standard InChI is InChI=1S/C13H20N2S/c1-13(2,14-3)9-10-4-5-12-11(8-10)15-6-7-16-12/h4-5,8,14-15H,6-7,9H2,1-3H3. The minimum Gasteiger partial charge on any atom is -0.383 e. The summed E-state index contributed by atoms with van der Waals surface area (Å²) in [6.45, 7) is 5.54. The number of hydrogen-bond donors (Lipinski definition) is 2. The predicted octanol–water partition coefficient (Wildman–Crippen LogP) is 2.74. The van der Waals surface area contributed by atoms with Crippen molar-refractivity contribution in [1.82, 2.24) is 5.32 Å². The average molecular weight is 236 g/mol. The molecule has 0 aliphatic carbocycles. The largest absolute Gasteiger partial charge is 0.383 e. The Bertz CT molecular complexity index is 374. The van der Waals surface area contributed by atoms with E-state index in [2.05, 4.69) is 42.7 Å². The van der Waals surface area contributed by atoms with Gasteiger partial charge in [-0.25, -0.2) is 0 Å². The van der Waals surface area contributed by atoms with E-state index in [0.717, 1.165) is 13.0 Å². The van der Waals surface area contributed by atoms with Crippen LogP contribution < -0.4 is 10.6 Å². The summed E-state index contributed by atoms with van der Waals surface area (Å²) >= 11 is 1.94. The van der Waals surface area contributed by atoms with Gasteiger partial charge in [0.25, 0.3) is 0 Å². The lowest BCUT2D eigenvalue weighted by molar-refractivity contribution is 0.422. The zero-order valence-electron chi connectivity index (χ0n) is 10.3. The van der Waals surface area contributed by atoms with Crippen molar-refractivity contribution in [3.05, 3.63) is 23.8 Å². The van der Waals surface area contributed by atoms with E-state index < -0.39 is 0 Å². The molecule has 0 bridgehead atoms. The molecule has 3 heteroatoms. The van der Waals surface area contributed by atoms with Crippen molar-refractivity contribution in [3.8, 4) is 0 Å². The highest BCUT2D eigenvalue weighted by molar-refractivity contribution is 7.99. The monoisotopic (exact) mass is 236 g/mol. The lowest BCUT2D eigenvalue weighted by Gasteiger charge is -2.25. The lowest BCUT2D eigenvalue weighted by Crippen LogP contribution is -2.38. The zero-order valence-corrected chi connectivity index (χ0v) is 11.1. The van der Waals surface area contributed by atoms with Gasteiger partial charge in [-0.1, -0.05) is 6.07 Å². The third kappa shape index (κ3) is 2.71. The van der Waals surface area contributed by atoms with Crippen LogP contribution in [-0.2, 0) is 6.42 Å². The van der Waals surface area contributed by atoms with E-state index in [-0.39, 0.29) is 5.54 Å². The Morgan fingerprint density at radius 1 is 1.44 bits per heavy atom. The summed E-state index contributed by atoms with van der Waals surface area (Å²) in [5.41, 5.74) is 2.87. The summed E-state index contributed by atoms with van der Waals surface area (Å²) in [4.78, 5) is 1.39. The van der Waals surface area contributed by atoms with Gasteiger partial charge in [0, 0.05) is 28.4 Å². The molecule has 2 N–H and O–H groups in total. The minimum atomic E-state index is 0.163. The van der Waals surface area contributed by atoms with E-state index in [4.69, 9.17) is 0 Å². The molecule has 2 nitrogen and oxygen atoms in total. The van der Waals surface area contributed by atoms with Crippen LogP contribution in [0.3, 0.4) is 0 Å². The summed E-state index contributed by atoms with van der Waals surface area (Å²) < 4.78 is 0. The second-order valence-corrected chi connectivity index (χ2v) is 6.05. The van der Waals surface area contributed by atoms with E-state index in [1.807, 2.05) is 18.8 Å². The highest BCUT2D eigenvalue weighted by Crippen LogP contribution is 2.32. The number of benzene rings is 1. The molecule has 0 saturated heterocycles. The second kappa shape index (κ2) is 4.68. The van der Waals surface area contributed by atoms with Crippen LogP contribution in [0.1, 0.15) is 19.4 Å². The van der Waals surface area contributed by atoms with Crippen LogP contribution in [0.15, 0.2) is 23.1 Å². The first kappa shape index (κ1) is 11.8. The number of fused-ring (bicyclic) bond motifs is 1. The number of rotatable bonds is 3. The summed E-state index contributed by atoms with van der Waals surface area (Å²) in [7, 11) is 2.02. The molecule has 1 aromatic rings. The first-order chi connectivity index (χ1) is 7.61. The molecule has 0 atom stereocenters. The van der Waals surface area contributed by atoms with E-state index in [0.29, 0.717) is 0 Å². The van der Waals surface area contributed by atoms with Gasteiger partial charge in [-0.15, -0.1) is 11.8 Å². The Morgan fingerprint density at radius 2 is 2.25 bits per heavy atom. The third-order valence-electron chi connectivity index (χ3n) is 3.04. The number of thioether (sulfide) groups is 1. The fraction of sp³-hybridized carbons (Fsp3) is 0.538. The highest BCUT2D eigenvalue weighted by Gasteiger charge is 2.17. The van der Waals surface area contributed by atoms with Crippen LogP contribution in [0.4, 0.5) is 5.69 Å². The second-order valence-electron chi connectivity index (χ2n) is 4.92. The summed E-state index contributed by atoms with van der Waals surface area (Å²) in [6, 6.07) is 6.78. The summed E-state index contributed by atoms with van der Waals surface area (Å²) in [5.74, 6) is 1.17. The first-order valence-electron chi connectivity index (χ1n) is 5.79. The number of likely N-dealkylation sites (N-methyl/N-ethyl adjacent to an activating group) is 1. The summed E-state index contributed by atoms with van der Waals surface area (Å²) in [6.07, 6.45) is 1.06. The molecular formula is C13H20N2S. The van der Waals surface area contributed by atoms with Gasteiger partial charge in [0.15, 0.2) is 0 Å². The van der Waals surface area contributed by atoms with Crippen molar-refractivity contribution in [3.63, 3.8) is 0 Å². The van der Waals surface area contributed by atoms with Crippen LogP contribution in [0, 0.1) is 0 Å². The molecule has 1 aliphatic heterocycles. The SMILES string of the molecule is CNC(C)(C)Cc1ccc2c(c1)NCCS2. The maximum Gasteiger partial charge on any atom is 0.0481 e. The van der Waals surface area contributed by atoms with Crippen LogP contribution in [-0.4, -0.2) is 24.9 Å². The molecule has 1 aromatic carbocycles. The normalized spacial score (nSPS) is 15.4. The van der Waals surface area contributed by atoms with Crippen LogP contribution in [0.2, 0.25) is 0 Å². The molecule has 2 rings (SSSR count). The molecule has 0 unspecified atom stereocenters. The molecule has 0 aromatic heterocycles. The molecule has 0 saturated carbocycles. The molecule has 1 heterocycles. The number of anilines is 1. The van der Waals surface area contributed by atoms with Gasteiger partial charge in [-0.2, -0.15) is 0 Å². The Balaban J connectivity index is 2.17. The van der Waals surface area contributed by atoms with Gasteiger partial charge >= 0.3 is 0 Å². The number of hydrogen-bond acceptors (Lipinski definition) is 3.